The minimum atomic E-state index is -1.24. The van der Waals surface area contributed by atoms with E-state index in [4.69, 9.17) is 20.8 Å². The Bertz CT molecular complexity index is 1580. The predicted molar refractivity (Wildman–Crippen MR) is 126 cm³/mol. The summed E-state index contributed by atoms with van der Waals surface area (Å²) in [5.41, 5.74) is 0.104. The quantitative estimate of drug-likeness (QED) is 0.325. The van der Waals surface area contributed by atoms with Gasteiger partial charge in [-0.3, -0.25) is 14.5 Å². The lowest BCUT2D eigenvalue weighted by Gasteiger charge is -2.26. The largest absolute Gasteiger partial charge is 0.508 e. The Labute approximate surface area is 207 Å². The van der Waals surface area contributed by atoms with Crippen molar-refractivity contribution in [3.8, 4) is 11.5 Å². The number of Topliss-reactive ketones (excluding diaryl/α,β-unsaturated/α-hetero) is 1. The number of carbonyl (C=O) groups is 2. The lowest BCUT2D eigenvalue weighted by Crippen LogP contribution is -2.31. The topological polar surface area (TPSA) is 100 Å². The van der Waals surface area contributed by atoms with Crippen molar-refractivity contribution in [2.75, 3.05) is 12.0 Å². The summed E-state index contributed by atoms with van der Waals surface area (Å²) in [4.78, 5) is 27.8. The van der Waals surface area contributed by atoms with Crippen LogP contribution in [-0.2, 0) is 4.79 Å². The number of aromatic hydroxyl groups is 1. The molecule has 1 aromatic heterocycles. The van der Waals surface area contributed by atoms with Crippen LogP contribution in [0.3, 0.4) is 0 Å². The number of methoxy groups -OCH3 is 1. The molecule has 36 heavy (non-hydrogen) atoms. The first kappa shape index (κ1) is 23.4. The number of fused-ring (bicyclic) bond motifs is 1. The van der Waals surface area contributed by atoms with Gasteiger partial charge in [-0.2, -0.15) is 0 Å². The number of ether oxygens (including phenoxy) is 1. The minimum absolute atomic E-state index is 0.0789. The van der Waals surface area contributed by atoms with Gasteiger partial charge < -0.3 is 19.4 Å². The summed E-state index contributed by atoms with van der Waals surface area (Å²) in [7, 11) is 1.40. The van der Waals surface area contributed by atoms with Gasteiger partial charge in [0.05, 0.1) is 18.7 Å². The van der Waals surface area contributed by atoms with Gasteiger partial charge in [-0.15, -0.1) is 0 Å². The van der Waals surface area contributed by atoms with E-state index in [-0.39, 0.29) is 34.1 Å². The Morgan fingerprint density at radius 3 is 2.42 bits per heavy atom. The summed E-state index contributed by atoms with van der Waals surface area (Å²) >= 11 is 6.10. The van der Waals surface area contributed by atoms with Crippen LogP contribution in [0.1, 0.15) is 22.2 Å². The van der Waals surface area contributed by atoms with Crippen molar-refractivity contribution < 1.29 is 37.7 Å². The molecule has 7 nitrogen and oxygen atoms in total. The van der Waals surface area contributed by atoms with E-state index in [9.17, 15) is 28.6 Å². The Balaban J connectivity index is 1.67. The molecule has 5 rings (SSSR count). The van der Waals surface area contributed by atoms with Gasteiger partial charge in [0.1, 0.15) is 5.75 Å². The van der Waals surface area contributed by atoms with Crippen molar-refractivity contribution in [2.45, 2.75) is 6.04 Å². The zero-order valence-electron chi connectivity index (χ0n) is 18.5. The number of amides is 1. The summed E-state index contributed by atoms with van der Waals surface area (Å²) in [6, 6.07) is 11.5. The second kappa shape index (κ2) is 8.69. The van der Waals surface area contributed by atoms with Crippen molar-refractivity contribution in [1.82, 2.24) is 0 Å². The summed E-state index contributed by atoms with van der Waals surface area (Å²) < 4.78 is 38.6. The van der Waals surface area contributed by atoms with Crippen LogP contribution in [-0.4, -0.2) is 29.0 Å². The van der Waals surface area contributed by atoms with Crippen LogP contribution in [0.2, 0.25) is 5.02 Å². The number of aliphatic hydroxyl groups is 1. The van der Waals surface area contributed by atoms with Crippen molar-refractivity contribution in [1.29, 1.82) is 0 Å². The standard InChI is InChI=1S/C26H16ClF2NO6/c1-35-20-10-14(27)8-13-9-19(36-25(13)20)23(32)21-22(12-2-5-16(31)6-3-12)30(26(34)24(21)33)15-4-7-17(28)18(29)11-15/h2-11,22,31,33H,1H3. The molecule has 2 heterocycles. The third-order valence-electron chi connectivity index (χ3n) is 5.83. The number of ketones is 1. The molecule has 0 spiro atoms. The molecule has 0 bridgehead atoms. The second-order valence-electron chi connectivity index (χ2n) is 8.00. The number of carbonyl (C=O) groups excluding carboxylic acids is 2. The lowest BCUT2D eigenvalue weighted by atomic mass is 9.94. The van der Waals surface area contributed by atoms with Crippen LogP contribution in [0, 0.1) is 11.6 Å². The number of benzene rings is 3. The number of anilines is 1. The number of nitrogens with zero attached hydrogens (tertiary/aromatic N) is 1. The Morgan fingerprint density at radius 1 is 1.03 bits per heavy atom. The SMILES string of the molecule is COc1cc(Cl)cc2cc(C(=O)C3=C(O)C(=O)N(c4ccc(F)c(F)c4)C3c3ccc(O)cc3)oc12. The molecule has 10 heteroatoms. The van der Waals surface area contributed by atoms with Crippen molar-refractivity contribution in [3.63, 3.8) is 0 Å². The smallest absolute Gasteiger partial charge is 0.294 e. The second-order valence-corrected chi connectivity index (χ2v) is 8.43. The van der Waals surface area contributed by atoms with E-state index in [1.54, 1.807) is 6.07 Å². The van der Waals surface area contributed by atoms with Crippen LogP contribution < -0.4 is 9.64 Å². The van der Waals surface area contributed by atoms with E-state index < -0.39 is 35.1 Å². The number of phenols is 1. The third-order valence-corrected chi connectivity index (χ3v) is 6.05. The maximum Gasteiger partial charge on any atom is 0.294 e. The highest BCUT2D eigenvalue weighted by Gasteiger charge is 2.45. The van der Waals surface area contributed by atoms with Gasteiger partial charge in [0.25, 0.3) is 5.91 Å². The highest BCUT2D eigenvalue weighted by Crippen LogP contribution is 2.43. The van der Waals surface area contributed by atoms with E-state index in [0.717, 1.165) is 23.1 Å². The van der Waals surface area contributed by atoms with Crippen molar-refractivity contribution >= 4 is 39.9 Å². The van der Waals surface area contributed by atoms with Gasteiger partial charge >= 0.3 is 0 Å². The molecule has 4 aromatic rings. The van der Waals surface area contributed by atoms with Gasteiger partial charge in [0.2, 0.25) is 5.78 Å². The van der Waals surface area contributed by atoms with E-state index in [1.807, 2.05) is 0 Å². The zero-order chi connectivity index (χ0) is 25.7. The number of rotatable bonds is 5. The maximum atomic E-state index is 14.1. The van der Waals surface area contributed by atoms with Crippen molar-refractivity contribution in [3.05, 3.63) is 100.0 Å². The molecule has 1 amide bonds. The fourth-order valence-electron chi connectivity index (χ4n) is 4.19. The van der Waals surface area contributed by atoms with Gasteiger partial charge in [-0.25, -0.2) is 8.78 Å². The van der Waals surface area contributed by atoms with Crippen LogP contribution >= 0.6 is 11.6 Å². The molecule has 1 aliphatic rings. The molecule has 1 atom stereocenters. The molecular weight excluding hydrogens is 496 g/mol. The van der Waals surface area contributed by atoms with Crippen LogP contribution in [0.25, 0.3) is 11.0 Å². The third kappa shape index (κ3) is 3.74. The number of hydrogen-bond acceptors (Lipinski definition) is 6. The fraction of sp³-hybridized carbons (Fsp3) is 0.0769. The molecular formula is C26H16ClF2NO6. The van der Waals surface area contributed by atoms with Gasteiger partial charge in [0.15, 0.2) is 34.5 Å². The summed E-state index contributed by atoms with van der Waals surface area (Å²) in [6.45, 7) is 0. The first-order valence-corrected chi connectivity index (χ1v) is 10.9. The van der Waals surface area contributed by atoms with Crippen molar-refractivity contribution in [2.24, 2.45) is 0 Å². The first-order valence-electron chi connectivity index (χ1n) is 10.5. The molecule has 3 aromatic carbocycles. The van der Waals surface area contributed by atoms with Crippen LogP contribution in [0.4, 0.5) is 14.5 Å². The summed E-state index contributed by atoms with van der Waals surface area (Å²) in [5, 5.41) is 21.3. The lowest BCUT2D eigenvalue weighted by molar-refractivity contribution is -0.117. The fourth-order valence-corrected chi connectivity index (χ4v) is 4.41. The number of furan rings is 1. The van der Waals surface area contributed by atoms with Crippen LogP contribution in [0.5, 0.6) is 11.5 Å². The summed E-state index contributed by atoms with van der Waals surface area (Å²) in [6.07, 6.45) is 0. The zero-order valence-corrected chi connectivity index (χ0v) is 19.2. The van der Waals surface area contributed by atoms with E-state index in [2.05, 4.69) is 0 Å². The maximum absolute atomic E-state index is 14.1. The first-order chi connectivity index (χ1) is 17.2. The van der Waals surface area contributed by atoms with Gasteiger partial charge in [-0.05, 0) is 42.0 Å². The number of phenolic OH excluding ortho intramolecular Hbond substituents is 1. The Hall–Kier alpha value is -4.37. The predicted octanol–water partition coefficient (Wildman–Crippen LogP) is 5.86. The molecule has 1 aliphatic heterocycles. The molecule has 0 saturated heterocycles. The van der Waals surface area contributed by atoms with E-state index in [0.29, 0.717) is 16.0 Å². The van der Waals surface area contributed by atoms with E-state index >= 15 is 0 Å². The average molecular weight is 512 g/mol. The number of aliphatic hydroxyl groups excluding tert-OH is 1. The van der Waals surface area contributed by atoms with Gasteiger partial charge in [-0.1, -0.05) is 23.7 Å². The number of hydrogen-bond donors (Lipinski definition) is 2. The molecule has 0 fully saturated rings. The molecule has 0 radical (unpaired) electrons. The molecule has 0 aliphatic carbocycles. The van der Waals surface area contributed by atoms with Gasteiger partial charge in [0, 0.05) is 28.2 Å². The monoisotopic (exact) mass is 511 g/mol. The average Bonchev–Trinajstić information content (AvgIpc) is 3.39. The molecule has 0 saturated carbocycles. The van der Waals surface area contributed by atoms with E-state index in [1.165, 1.54) is 43.5 Å². The molecule has 182 valence electrons. The molecule has 2 N–H and O–H groups in total. The normalized spacial score (nSPS) is 15.7. The highest BCUT2D eigenvalue weighted by molar-refractivity contribution is 6.31. The number of halogens is 3. The van der Waals surface area contributed by atoms with Crippen LogP contribution in [0.15, 0.2) is 76.4 Å². The summed E-state index contributed by atoms with van der Waals surface area (Å²) in [5.74, 6) is -5.07. The molecule has 1 unspecified atom stereocenters. The Kier molecular flexibility index (Phi) is 5.64. The highest BCUT2D eigenvalue weighted by atomic mass is 35.5. The Morgan fingerprint density at radius 2 is 1.75 bits per heavy atom. The minimum Gasteiger partial charge on any atom is -0.508 e.